The lowest BCUT2D eigenvalue weighted by molar-refractivity contribution is 0.117. The number of nitriles is 1. The fraction of sp³-hybridized carbons (Fsp3) is 0.500. The summed E-state index contributed by atoms with van der Waals surface area (Å²) in [5, 5.41) is 12.2. The fourth-order valence-corrected chi connectivity index (χ4v) is 2.44. The molecule has 3 nitrogen and oxygen atoms in total. The summed E-state index contributed by atoms with van der Waals surface area (Å²) in [5.41, 5.74) is -0.00192. The Labute approximate surface area is 107 Å². The Balaban J connectivity index is 2.18. The average Bonchev–Trinajstić information content (AvgIpc) is 2.40. The van der Waals surface area contributed by atoms with Crippen molar-refractivity contribution in [3.8, 4) is 11.8 Å². The molecule has 0 radical (unpaired) electrons. The summed E-state index contributed by atoms with van der Waals surface area (Å²) < 4.78 is 19.3. The number of rotatable bonds is 3. The summed E-state index contributed by atoms with van der Waals surface area (Å²) in [6, 6.07) is 6.65. The van der Waals surface area contributed by atoms with Crippen LogP contribution in [0, 0.1) is 17.1 Å². The minimum atomic E-state index is -0.521. The maximum Gasteiger partial charge on any atom is 0.144 e. The van der Waals surface area contributed by atoms with Crippen molar-refractivity contribution in [1.29, 1.82) is 5.26 Å². The molecule has 1 N–H and O–H groups in total. The summed E-state index contributed by atoms with van der Waals surface area (Å²) in [6.45, 7) is 0. The topological polar surface area (TPSA) is 45.0 Å². The molecular formula is C14H17FN2O. The second-order valence-electron chi connectivity index (χ2n) is 4.56. The monoisotopic (exact) mass is 248 g/mol. The fourth-order valence-electron chi connectivity index (χ4n) is 2.44. The van der Waals surface area contributed by atoms with Crippen LogP contribution in [-0.4, -0.2) is 19.2 Å². The van der Waals surface area contributed by atoms with Crippen LogP contribution in [0.2, 0.25) is 0 Å². The Morgan fingerprint density at radius 1 is 1.39 bits per heavy atom. The molecule has 0 saturated heterocycles. The van der Waals surface area contributed by atoms with E-state index in [0.717, 1.165) is 19.3 Å². The SMILES string of the molecule is CNC1CCCCC1Oc1cccc(F)c1C#N. The first kappa shape index (κ1) is 12.8. The van der Waals surface area contributed by atoms with Crippen molar-refractivity contribution in [2.45, 2.75) is 37.8 Å². The van der Waals surface area contributed by atoms with E-state index in [2.05, 4.69) is 5.32 Å². The van der Waals surface area contributed by atoms with Gasteiger partial charge in [0.25, 0.3) is 0 Å². The van der Waals surface area contributed by atoms with Crippen molar-refractivity contribution in [1.82, 2.24) is 5.32 Å². The molecule has 0 amide bonds. The third-order valence-electron chi connectivity index (χ3n) is 3.44. The molecule has 1 saturated carbocycles. The third kappa shape index (κ3) is 2.62. The highest BCUT2D eigenvalue weighted by atomic mass is 19.1. The third-order valence-corrected chi connectivity index (χ3v) is 3.44. The van der Waals surface area contributed by atoms with Gasteiger partial charge in [0.1, 0.15) is 29.3 Å². The van der Waals surface area contributed by atoms with E-state index in [9.17, 15) is 4.39 Å². The highest BCUT2D eigenvalue weighted by molar-refractivity contribution is 5.44. The molecule has 0 aromatic heterocycles. The van der Waals surface area contributed by atoms with Gasteiger partial charge in [-0.15, -0.1) is 0 Å². The van der Waals surface area contributed by atoms with Gasteiger partial charge < -0.3 is 10.1 Å². The van der Waals surface area contributed by atoms with Gasteiger partial charge in [-0.25, -0.2) is 4.39 Å². The largest absolute Gasteiger partial charge is 0.487 e. The van der Waals surface area contributed by atoms with E-state index >= 15 is 0 Å². The van der Waals surface area contributed by atoms with Crippen molar-refractivity contribution in [3.63, 3.8) is 0 Å². The predicted molar refractivity (Wildman–Crippen MR) is 66.8 cm³/mol. The van der Waals surface area contributed by atoms with Gasteiger partial charge in [-0.2, -0.15) is 5.26 Å². The lowest BCUT2D eigenvalue weighted by Crippen LogP contribution is -2.43. The van der Waals surface area contributed by atoms with Gasteiger partial charge in [-0.3, -0.25) is 0 Å². The van der Waals surface area contributed by atoms with Crippen molar-refractivity contribution < 1.29 is 9.13 Å². The summed E-state index contributed by atoms with van der Waals surface area (Å²) in [7, 11) is 1.91. The van der Waals surface area contributed by atoms with E-state index in [-0.39, 0.29) is 17.7 Å². The zero-order valence-electron chi connectivity index (χ0n) is 10.4. The van der Waals surface area contributed by atoms with E-state index in [1.807, 2.05) is 13.1 Å². The van der Waals surface area contributed by atoms with Gasteiger partial charge in [-0.1, -0.05) is 12.5 Å². The summed E-state index contributed by atoms with van der Waals surface area (Å²) in [5.74, 6) is -0.170. The lowest BCUT2D eigenvalue weighted by Gasteiger charge is -2.31. The number of ether oxygens (including phenoxy) is 1. The molecule has 18 heavy (non-hydrogen) atoms. The van der Waals surface area contributed by atoms with Gasteiger partial charge in [0.15, 0.2) is 0 Å². The molecule has 2 atom stereocenters. The molecule has 1 aliphatic carbocycles. The van der Waals surface area contributed by atoms with Gasteiger partial charge >= 0.3 is 0 Å². The quantitative estimate of drug-likeness (QED) is 0.894. The molecule has 1 aromatic rings. The van der Waals surface area contributed by atoms with Crippen LogP contribution in [0.3, 0.4) is 0 Å². The summed E-state index contributed by atoms with van der Waals surface area (Å²) >= 11 is 0. The van der Waals surface area contributed by atoms with Crippen LogP contribution < -0.4 is 10.1 Å². The van der Waals surface area contributed by atoms with Crippen LogP contribution in [-0.2, 0) is 0 Å². The van der Waals surface area contributed by atoms with Gasteiger partial charge in [-0.05, 0) is 38.4 Å². The Bertz CT molecular complexity index is 456. The number of nitrogens with zero attached hydrogens (tertiary/aromatic N) is 1. The molecule has 1 aromatic carbocycles. The molecule has 2 rings (SSSR count). The standard InChI is InChI=1S/C14H17FN2O/c1-17-12-6-2-3-7-14(12)18-13-8-4-5-11(15)10(13)9-16/h4-5,8,12,14,17H,2-3,6-7H2,1H3. The van der Waals surface area contributed by atoms with Crippen LogP contribution in [0.15, 0.2) is 18.2 Å². The molecule has 0 bridgehead atoms. The molecule has 96 valence electrons. The Morgan fingerprint density at radius 2 is 2.17 bits per heavy atom. The number of halogens is 1. The van der Waals surface area contributed by atoms with E-state index in [1.165, 1.54) is 12.5 Å². The first-order valence-electron chi connectivity index (χ1n) is 6.28. The molecular weight excluding hydrogens is 231 g/mol. The Hall–Kier alpha value is -1.60. The van der Waals surface area contributed by atoms with Crippen LogP contribution in [0.25, 0.3) is 0 Å². The second kappa shape index (κ2) is 5.83. The number of nitrogens with one attached hydrogen (secondary N) is 1. The van der Waals surface area contributed by atoms with Gasteiger partial charge in [0.2, 0.25) is 0 Å². The summed E-state index contributed by atoms with van der Waals surface area (Å²) in [6.07, 6.45) is 4.29. The van der Waals surface area contributed by atoms with E-state index in [0.29, 0.717) is 5.75 Å². The van der Waals surface area contributed by atoms with E-state index in [4.69, 9.17) is 10.00 Å². The van der Waals surface area contributed by atoms with Crippen molar-refractivity contribution in [3.05, 3.63) is 29.6 Å². The highest BCUT2D eigenvalue weighted by Crippen LogP contribution is 2.27. The smallest absolute Gasteiger partial charge is 0.144 e. The lowest BCUT2D eigenvalue weighted by atomic mass is 9.92. The van der Waals surface area contributed by atoms with Crippen LogP contribution in [0.4, 0.5) is 4.39 Å². The molecule has 2 unspecified atom stereocenters. The first-order valence-corrected chi connectivity index (χ1v) is 6.28. The second-order valence-corrected chi connectivity index (χ2v) is 4.56. The Morgan fingerprint density at radius 3 is 2.89 bits per heavy atom. The Kier molecular flexibility index (Phi) is 4.16. The maximum absolute atomic E-state index is 13.5. The minimum Gasteiger partial charge on any atom is -0.487 e. The summed E-state index contributed by atoms with van der Waals surface area (Å²) in [4.78, 5) is 0. The van der Waals surface area contributed by atoms with Crippen LogP contribution in [0.5, 0.6) is 5.75 Å². The van der Waals surface area contributed by atoms with Gasteiger partial charge in [0.05, 0.1) is 0 Å². The van der Waals surface area contributed by atoms with Crippen molar-refractivity contribution >= 4 is 0 Å². The molecule has 0 spiro atoms. The molecule has 1 fully saturated rings. The van der Waals surface area contributed by atoms with Gasteiger partial charge in [0, 0.05) is 6.04 Å². The molecule has 0 heterocycles. The maximum atomic E-state index is 13.5. The zero-order valence-corrected chi connectivity index (χ0v) is 10.4. The number of likely N-dealkylation sites (N-methyl/N-ethyl adjacent to an activating group) is 1. The number of hydrogen-bond donors (Lipinski definition) is 1. The molecule has 4 heteroatoms. The van der Waals surface area contributed by atoms with E-state index in [1.54, 1.807) is 12.1 Å². The van der Waals surface area contributed by atoms with Crippen molar-refractivity contribution in [2.24, 2.45) is 0 Å². The molecule has 0 aliphatic heterocycles. The first-order chi connectivity index (χ1) is 8.76. The average molecular weight is 248 g/mol. The zero-order chi connectivity index (χ0) is 13.0. The van der Waals surface area contributed by atoms with Crippen LogP contribution in [0.1, 0.15) is 31.2 Å². The highest BCUT2D eigenvalue weighted by Gasteiger charge is 2.26. The molecule has 1 aliphatic rings. The minimum absolute atomic E-state index is 0.00192. The van der Waals surface area contributed by atoms with E-state index < -0.39 is 5.82 Å². The van der Waals surface area contributed by atoms with Crippen LogP contribution >= 0.6 is 0 Å². The van der Waals surface area contributed by atoms with Crippen molar-refractivity contribution in [2.75, 3.05) is 7.05 Å². The predicted octanol–water partition coefficient (Wildman–Crippen LogP) is 2.61. The number of hydrogen-bond acceptors (Lipinski definition) is 3. The number of benzene rings is 1. The normalized spacial score (nSPS) is 23.4.